The Hall–Kier alpha value is -2.69. The predicted octanol–water partition coefficient (Wildman–Crippen LogP) is 2.22. The van der Waals surface area contributed by atoms with Crippen LogP contribution < -0.4 is 4.74 Å². The number of hydrogen-bond donors (Lipinski definition) is 0. The van der Waals surface area contributed by atoms with Gasteiger partial charge in [-0.05, 0) is 36.4 Å². The Balaban J connectivity index is 2.11. The first-order valence-electron chi connectivity index (χ1n) is 5.76. The topological polar surface area (TPSA) is 56.5 Å². The lowest BCUT2D eigenvalue weighted by Gasteiger charge is -2.02. The van der Waals surface area contributed by atoms with Crippen molar-refractivity contribution < 1.29 is 9.53 Å². The number of fused-ring (bicyclic) bond motifs is 1. The number of pyridine rings is 1. The first-order chi connectivity index (χ1) is 9.31. The molecule has 5 nitrogen and oxygen atoms in total. The number of methoxy groups -OCH3 is 1. The summed E-state index contributed by atoms with van der Waals surface area (Å²) in [5.74, 6) is 1.52. The van der Waals surface area contributed by atoms with Crippen molar-refractivity contribution in [1.82, 2.24) is 14.6 Å². The van der Waals surface area contributed by atoms with Crippen molar-refractivity contribution in [2.45, 2.75) is 0 Å². The van der Waals surface area contributed by atoms with Gasteiger partial charge in [-0.1, -0.05) is 0 Å². The van der Waals surface area contributed by atoms with E-state index in [1.54, 1.807) is 25.4 Å². The van der Waals surface area contributed by atoms with Gasteiger partial charge < -0.3 is 4.74 Å². The van der Waals surface area contributed by atoms with Crippen LogP contribution in [0.15, 0.2) is 42.6 Å². The van der Waals surface area contributed by atoms with Crippen LogP contribution in [0, 0.1) is 0 Å². The number of carbonyl (C=O) groups is 1. The smallest absolute Gasteiger partial charge is 0.168 e. The molecule has 2 heterocycles. The molecule has 0 aliphatic carbocycles. The summed E-state index contributed by atoms with van der Waals surface area (Å²) in [6.07, 6.45) is 2.58. The van der Waals surface area contributed by atoms with Crippen LogP contribution in [0.4, 0.5) is 0 Å². The minimum Gasteiger partial charge on any atom is -0.497 e. The fourth-order valence-electron chi connectivity index (χ4n) is 1.92. The van der Waals surface area contributed by atoms with Gasteiger partial charge in [-0.25, -0.2) is 0 Å². The minimum absolute atomic E-state index is 0.584. The second kappa shape index (κ2) is 4.53. The van der Waals surface area contributed by atoms with Crippen molar-refractivity contribution in [3.8, 4) is 17.1 Å². The standard InChI is InChI=1S/C14H11N3O2/c1-19-12-4-2-11(3-5-12)14-16-15-13-8-10(9-18)6-7-17(13)14/h2-9H,1H3. The molecule has 3 rings (SSSR count). The molecule has 0 saturated carbocycles. The minimum atomic E-state index is 0.584. The van der Waals surface area contributed by atoms with Crippen LogP contribution in [0.5, 0.6) is 5.75 Å². The van der Waals surface area contributed by atoms with E-state index in [-0.39, 0.29) is 0 Å². The van der Waals surface area contributed by atoms with Crippen molar-refractivity contribution in [2.75, 3.05) is 7.11 Å². The van der Waals surface area contributed by atoms with Gasteiger partial charge in [0.25, 0.3) is 0 Å². The maximum Gasteiger partial charge on any atom is 0.168 e. The predicted molar refractivity (Wildman–Crippen MR) is 70.4 cm³/mol. The number of nitrogens with zero attached hydrogens (tertiary/aromatic N) is 3. The molecule has 5 heteroatoms. The molecule has 0 unspecified atom stereocenters. The van der Waals surface area contributed by atoms with Crippen molar-refractivity contribution >= 4 is 11.9 Å². The van der Waals surface area contributed by atoms with E-state index in [2.05, 4.69) is 10.2 Å². The SMILES string of the molecule is COc1ccc(-c2nnc3cc(C=O)ccn23)cc1. The maximum atomic E-state index is 10.7. The second-order valence-electron chi connectivity index (χ2n) is 4.06. The second-order valence-corrected chi connectivity index (χ2v) is 4.06. The Labute approximate surface area is 109 Å². The molecule has 3 aromatic rings. The average Bonchev–Trinajstić information content (AvgIpc) is 2.90. The van der Waals surface area contributed by atoms with Crippen LogP contribution >= 0.6 is 0 Å². The molecular weight excluding hydrogens is 242 g/mol. The fraction of sp³-hybridized carbons (Fsp3) is 0.0714. The Kier molecular flexibility index (Phi) is 2.72. The molecule has 0 fully saturated rings. The molecule has 94 valence electrons. The highest BCUT2D eigenvalue weighted by molar-refractivity contribution is 5.77. The number of benzene rings is 1. The van der Waals surface area contributed by atoms with E-state index >= 15 is 0 Å². The molecule has 0 saturated heterocycles. The molecule has 1 aromatic carbocycles. The third kappa shape index (κ3) is 1.95. The van der Waals surface area contributed by atoms with Gasteiger partial charge in [-0.15, -0.1) is 10.2 Å². The summed E-state index contributed by atoms with van der Waals surface area (Å²) in [5.41, 5.74) is 2.17. The molecule has 0 N–H and O–H groups in total. The number of aromatic nitrogens is 3. The van der Waals surface area contributed by atoms with E-state index < -0.39 is 0 Å². The summed E-state index contributed by atoms with van der Waals surface area (Å²) in [6.45, 7) is 0. The number of aldehydes is 1. The van der Waals surface area contributed by atoms with Crippen LogP contribution in [0.2, 0.25) is 0 Å². The molecule has 0 bridgehead atoms. The highest BCUT2D eigenvalue weighted by atomic mass is 16.5. The van der Waals surface area contributed by atoms with E-state index in [1.165, 1.54) is 0 Å². The lowest BCUT2D eigenvalue weighted by molar-refractivity contribution is 0.112. The van der Waals surface area contributed by atoms with Gasteiger partial charge >= 0.3 is 0 Å². The Morgan fingerprint density at radius 1 is 1.16 bits per heavy atom. The van der Waals surface area contributed by atoms with E-state index in [1.807, 2.05) is 28.7 Å². The van der Waals surface area contributed by atoms with Crippen molar-refractivity contribution in [3.05, 3.63) is 48.2 Å². The third-order valence-electron chi connectivity index (χ3n) is 2.92. The summed E-state index contributed by atoms with van der Waals surface area (Å²) in [4.78, 5) is 10.7. The van der Waals surface area contributed by atoms with Gasteiger partial charge in [-0.2, -0.15) is 0 Å². The Morgan fingerprint density at radius 2 is 1.95 bits per heavy atom. The molecule has 0 radical (unpaired) electrons. The molecule has 19 heavy (non-hydrogen) atoms. The summed E-state index contributed by atoms with van der Waals surface area (Å²) in [7, 11) is 1.63. The van der Waals surface area contributed by atoms with Gasteiger partial charge in [0.05, 0.1) is 7.11 Å². The van der Waals surface area contributed by atoms with E-state index in [4.69, 9.17) is 4.74 Å². The lowest BCUT2D eigenvalue weighted by Crippen LogP contribution is -1.91. The molecular formula is C14H11N3O2. The van der Waals surface area contributed by atoms with Gasteiger partial charge in [0.1, 0.15) is 12.0 Å². The Bertz CT molecular complexity index is 732. The van der Waals surface area contributed by atoms with Gasteiger partial charge in [0, 0.05) is 17.3 Å². The third-order valence-corrected chi connectivity index (χ3v) is 2.92. The van der Waals surface area contributed by atoms with Crippen LogP contribution in [0.25, 0.3) is 17.0 Å². The van der Waals surface area contributed by atoms with Crippen LogP contribution in [0.1, 0.15) is 10.4 Å². The number of carbonyl (C=O) groups excluding carboxylic acids is 1. The maximum absolute atomic E-state index is 10.7. The summed E-state index contributed by atoms with van der Waals surface area (Å²) < 4.78 is 6.96. The van der Waals surface area contributed by atoms with E-state index in [0.29, 0.717) is 11.2 Å². The number of rotatable bonds is 3. The van der Waals surface area contributed by atoms with Gasteiger partial charge in [0.2, 0.25) is 0 Å². The Morgan fingerprint density at radius 3 is 2.63 bits per heavy atom. The van der Waals surface area contributed by atoms with Crippen LogP contribution in [-0.2, 0) is 0 Å². The van der Waals surface area contributed by atoms with Crippen LogP contribution in [-0.4, -0.2) is 28.0 Å². The zero-order chi connectivity index (χ0) is 13.2. The highest BCUT2D eigenvalue weighted by Gasteiger charge is 2.08. The average molecular weight is 253 g/mol. The largest absolute Gasteiger partial charge is 0.497 e. The van der Waals surface area contributed by atoms with E-state index in [9.17, 15) is 4.79 Å². The quantitative estimate of drug-likeness (QED) is 0.671. The van der Waals surface area contributed by atoms with Gasteiger partial charge in [-0.3, -0.25) is 9.20 Å². The van der Waals surface area contributed by atoms with Gasteiger partial charge in [0.15, 0.2) is 11.5 Å². The van der Waals surface area contributed by atoms with Crippen molar-refractivity contribution in [3.63, 3.8) is 0 Å². The number of ether oxygens (including phenoxy) is 1. The summed E-state index contributed by atoms with van der Waals surface area (Å²) in [6, 6.07) is 11.0. The summed E-state index contributed by atoms with van der Waals surface area (Å²) in [5, 5.41) is 8.22. The molecule has 0 aliphatic heterocycles. The zero-order valence-electron chi connectivity index (χ0n) is 10.3. The molecule has 0 atom stereocenters. The normalized spacial score (nSPS) is 10.6. The van der Waals surface area contributed by atoms with Crippen LogP contribution in [0.3, 0.4) is 0 Å². The molecule has 0 amide bonds. The highest BCUT2D eigenvalue weighted by Crippen LogP contribution is 2.21. The molecule has 2 aromatic heterocycles. The first kappa shape index (κ1) is 11.4. The molecule has 0 aliphatic rings. The fourth-order valence-corrected chi connectivity index (χ4v) is 1.92. The summed E-state index contributed by atoms with van der Waals surface area (Å²) >= 11 is 0. The monoisotopic (exact) mass is 253 g/mol. The number of hydrogen-bond acceptors (Lipinski definition) is 4. The zero-order valence-corrected chi connectivity index (χ0v) is 10.3. The van der Waals surface area contributed by atoms with Crippen molar-refractivity contribution in [2.24, 2.45) is 0 Å². The van der Waals surface area contributed by atoms with Crippen molar-refractivity contribution in [1.29, 1.82) is 0 Å². The lowest BCUT2D eigenvalue weighted by atomic mass is 10.2. The van der Waals surface area contributed by atoms with E-state index in [0.717, 1.165) is 23.4 Å². The first-order valence-corrected chi connectivity index (χ1v) is 5.76. The molecule has 0 spiro atoms.